The summed E-state index contributed by atoms with van der Waals surface area (Å²) >= 11 is 0. The lowest BCUT2D eigenvalue weighted by molar-refractivity contribution is -0.188. The van der Waals surface area contributed by atoms with E-state index >= 15 is 0 Å². The number of hydrogen-bond donors (Lipinski definition) is 4. The van der Waals surface area contributed by atoms with E-state index in [0.717, 1.165) is 0 Å². The number of para-hydroxylation sites is 1. The minimum absolute atomic E-state index is 0.0456. The molecule has 1 aromatic carbocycles. The van der Waals surface area contributed by atoms with E-state index < -0.39 is 68.5 Å². The minimum Gasteiger partial charge on any atom is -0.461 e. The maximum atomic E-state index is 14.0. The van der Waals surface area contributed by atoms with Crippen molar-refractivity contribution in [2.24, 2.45) is 5.92 Å². The number of halogens is 3. The standard InChI is InChI=1S/C28H35F3N5O8P/c1-16(26(39)42-18-10-8-17(9-11-18)28(29,30)31)35-45(40,44-19-6-4-3-5-7-19)41-14-27(2)24(38)22(37)23(43-27)20-12-13-21-25(32)33-15-34-36(20)21/h3-7,12-13,15-18,22-24,37-38H,8-11,14H2,1-2H3,(H,35,40)(H2,32,33,34)/t16-,17-,18+,22-,23-,24-,27+,45?/m0/s1. The summed E-state index contributed by atoms with van der Waals surface area (Å²) in [5.74, 6) is -1.97. The molecule has 0 spiro atoms. The van der Waals surface area contributed by atoms with E-state index in [1.165, 1.54) is 36.8 Å². The third-order valence-electron chi connectivity index (χ3n) is 8.07. The van der Waals surface area contributed by atoms with Crippen LogP contribution < -0.4 is 15.3 Å². The normalized spacial score (nSPS) is 29.3. The third kappa shape index (κ3) is 7.26. The maximum Gasteiger partial charge on any atom is 0.459 e. The van der Waals surface area contributed by atoms with Crippen LogP contribution in [0.25, 0.3) is 5.52 Å². The Bertz CT molecular complexity index is 1540. The van der Waals surface area contributed by atoms with Crippen molar-refractivity contribution in [1.29, 1.82) is 0 Å². The van der Waals surface area contributed by atoms with Crippen molar-refractivity contribution in [2.45, 2.75) is 81.8 Å². The molecule has 1 unspecified atom stereocenters. The first-order valence-electron chi connectivity index (χ1n) is 14.4. The number of alkyl halides is 3. The molecule has 13 nitrogen and oxygen atoms in total. The molecule has 1 aliphatic carbocycles. The zero-order valence-corrected chi connectivity index (χ0v) is 25.4. The van der Waals surface area contributed by atoms with Crippen molar-refractivity contribution in [1.82, 2.24) is 19.7 Å². The Morgan fingerprint density at radius 3 is 2.56 bits per heavy atom. The van der Waals surface area contributed by atoms with Crippen molar-refractivity contribution in [3.8, 4) is 5.75 Å². The van der Waals surface area contributed by atoms with E-state index in [2.05, 4.69) is 15.2 Å². The number of aromatic nitrogens is 3. The Labute approximate surface area is 256 Å². The van der Waals surface area contributed by atoms with E-state index in [1.807, 2.05) is 0 Å². The molecule has 5 N–H and O–H groups in total. The van der Waals surface area contributed by atoms with Gasteiger partial charge in [-0.15, -0.1) is 0 Å². The van der Waals surface area contributed by atoms with Crippen LogP contribution in [-0.2, 0) is 23.4 Å². The summed E-state index contributed by atoms with van der Waals surface area (Å²) in [6.07, 6.45) is -8.07. The molecular weight excluding hydrogens is 622 g/mol. The van der Waals surface area contributed by atoms with E-state index in [1.54, 1.807) is 30.3 Å². The number of carbonyl (C=O) groups is 1. The number of fused-ring (bicyclic) bond motifs is 1. The molecule has 17 heteroatoms. The summed E-state index contributed by atoms with van der Waals surface area (Å²) in [6.45, 7) is 2.23. The number of aliphatic hydroxyl groups excluding tert-OH is 2. The first kappa shape index (κ1) is 33.1. The van der Waals surface area contributed by atoms with Gasteiger partial charge in [0.25, 0.3) is 0 Å². The van der Waals surface area contributed by atoms with Gasteiger partial charge in [0.05, 0.1) is 18.2 Å². The van der Waals surface area contributed by atoms with Crippen molar-refractivity contribution in [2.75, 3.05) is 12.3 Å². The van der Waals surface area contributed by atoms with E-state index in [9.17, 15) is 32.7 Å². The van der Waals surface area contributed by atoms with Crippen LogP contribution in [0.1, 0.15) is 51.3 Å². The number of esters is 1. The zero-order valence-electron chi connectivity index (χ0n) is 24.5. The summed E-state index contributed by atoms with van der Waals surface area (Å²) in [5, 5.41) is 28.6. The second kappa shape index (κ2) is 12.9. The lowest BCUT2D eigenvalue weighted by atomic mass is 9.87. The molecule has 1 aliphatic heterocycles. The van der Waals surface area contributed by atoms with Gasteiger partial charge < -0.3 is 29.9 Å². The average Bonchev–Trinajstić information content (AvgIpc) is 3.52. The fourth-order valence-electron chi connectivity index (χ4n) is 5.49. The molecule has 5 rings (SSSR count). The number of rotatable bonds is 10. The first-order valence-corrected chi connectivity index (χ1v) is 15.9. The smallest absolute Gasteiger partial charge is 0.459 e. The van der Waals surface area contributed by atoms with Gasteiger partial charge in [-0.05, 0) is 63.8 Å². The van der Waals surface area contributed by atoms with Crippen LogP contribution in [0, 0.1) is 5.92 Å². The highest BCUT2D eigenvalue weighted by atomic mass is 31.2. The van der Waals surface area contributed by atoms with E-state index in [4.69, 9.17) is 24.3 Å². The molecule has 246 valence electrons. The number of nitrogen functional groups attached to an aromatic ring is 1. The topological polar surface area (TPSA) is 180 Å². The number of nitrogens with zero attached hydrogens (tertiary/aromatic N) is 3. The number of aliphatic hydroxyl groups is 2. The Balaban J connectivity index is 1.28. The van der Waals surface area contributed by atoms with Gasteiger partial charge in [0.15, 0.2) is 5.82 Å². The predicted octanol–water partition coefficient (Wildman–Crippen LogP) is 3.71. The zero-order chi connectivity index (χ0) is 32.6. The van der Waals surface area contributed by atoms with Gasteiger partial charge in [0.1, 0.15) is 53.7 Å². The van der Waals surface area contributed by atoms with Crippen LogP contribution in [0.2, 0.25) is 0 Å². The van der Waals surface area contributed by atoms with Gasteiger partial charge in [-0.2, -0.15) is 23.4 Å². The van der Waals surface area contributed by atoms with E-state index in [0.29, 0.717) is 11.2 Å². The second-order valence-corrected chi connectivity index (χ2v) is 13.2. The van der Waals surface area contributed by atoms with E-state index in [-0.39, 0.29) is 37.3 Å². The van der Waals surface area contributed by atoms with Gasteiger partial charge in [-0.25, -0.2) is 14.1 Å². The molecule has 1 saturated carbocycles. The fraction of sp³-hybridized carbons (Fsp3) is 0.536. The molecule has 3 aromatic rings. The van der Waals surface area contributed by atoms with Gasteiger partial charge in [0.2, 0.25) is 0 Å². The van der Waals surface area contributed by atoms with Crippen molar-refractivity contribution < 1.29 is 51.3 Å². The number of carbonyl (C=O) groups excluding carboxylic acids is 1. The second-order valence-electron chi connectivity index (χ2n) is 11.5. The van der Waals surface area contributed by atoms with Crippen LogP contribution in [0.15, 0.2) is 48.8 Å². The van der Waals surface area contributed by atoms with Gasteiger partial charge >= 0.3 is 19.9 Å². The van der Waals surface area contributed by atoms with Gasteiger partial charge in [-0.1, -0.05) is 18.2 Å². The van der Waals surface area contributed by atoms with Crippen LogP contribution in [-0.4, -0.2) is 73.5 Å². The summed E-state index contributed by atoms with van der Waals surface area (Å²) in [4.78, 5) is 16.8. The van der Waals surface area contributed by atoms with Gasteiger partial charge in [-0.3, -0.25) is 9.32 Å². The Morgan fingerprint density at radius 2 is 1.89 bits per heavy atom. The summed E-state index contributed by atoms with van der Waals surface area (Å²) in [7, 11) is -4.42. The molecular formula is C28H35F3N5O8P. The van der Waals surface area contributed by atoms with Crippen molar-refractivity contribution in [3.05, 3.63) is 54.5 Å². The third-order valence-corrected chi connectivity index (χ3v) is 9.70. The number of nitrogens with two attached hydrogens (primary N) is 1. The van der Waals surface area contributed by atoms with Crippen LogP contribution in [0.5, 0.6) is 5.75 Å². The van der Waals surface area contributed by atoms with Gasteiger partial charge in [0, 0.05) is 0 Å². The summed E-state index contributed by atoms with van der Waals surface area (Å²) in [5.41, 5.74) is 5.12. The Kier molecular flexibility index (Phi) is 9.45. The number of nitrogens with one attached hydrogen (secondary N) is 1. The molecule has 6 atom stereocenters. The molecule has 1 saturated heterocycles. The molecule has 2 aromatic heterocycles. The lowest BCUT2D eigenvalue weighted by Gasteiger charge is -2.31. The lowest BCUT2D eigenvalue weighted by Crippen LogP contribution is -2.45. The SMILES string of the molecule is C[C@H](NP(=O)(OC[C@@]1(C)O[C@@H](c2ccc3c(N)ncnn23)[C@H](O)[C@@H]1O)Oc1ccccc1)C(=O)O[C@H]1CC[C@@H](C(F)(F)F)CC1. The number of hydrogen-bond acceptors (Lipinski definition) is 11. The van der Waals surface area contributed by atoms with Crippen molar-refractivity contribution in [3.63, 3.8) is 0 Å². The minimum atomic E-state index is -4.42. The van der Waals surface area contributed by atoms with Crippen LogP contribution in [0.4, 0.5) is 19.0 Å². The maximum absolute atomic E-state index is 14.0. The van der Waals surface area contributed by atoms with Crippen LogP contribution in [0.3, 0.4) is 0 Å². The Morgan fingerprint density at radius 1 is 1.20 bits per heavy atom. The monoisotopic (exact) mass is 657 g/mol. The highest BCUT2D eigenvalue weighted by Gasteiger charge is 2.54. The number of anilines is 1. The number of benzene rings is 1. The molecule has 3 heterocycles. The molecule has 0 radical (unpaired) electrons. The van der Waals surface area contributed by atoms with Crippen molar-refractivity contribution >= 4 is 25.1 Å². The molecule has 0 bridgehead atoms. The molecule has 0 amide bonds. The summed E-state index contributed by atoms with van der Waals surface area (Å²) in [6, 6.07) is 9.94. The predicted molar refractivity (Wildman–Crippen MR) is 153 cm³/mol. The average molecular weight is 658 g/mol. The molecule has 2 fully saturated rings. The fourth-order valence-corrected chi connectivity index (χ4v) is 7.07. The summed E-state index contributed by atoms with van der Waals surface area (Å²) < 4.78 is 77.4. The first-order chi connectivity index (χ1) is 21.2. The molecule has 2 aliphatic rings. The quantitative estimate of drug-likeness (QED) is 0.184. The number of ether oxygens (including phenoxy) is 2. The molecule has 45 heavy (non-hydrogen) atoms. The highest BCUT2D eigenvalue weighted by molar-refractivity contribution is 7.52. The Hall–Kier alpha value is -3.27. The largest absolute Gasteiger partial charge is 0.461 e. The van der Waals surface area contributed by atoms with Crippen LogP contribution >= 0.6 is 7.75 Å². The highest BCUT2D eigenvalue weighted by Crippen LogP contribution is 2.48.